The number of carboxylic acids is 1. The molecule has 1 atom stereocenters. The highest BCUT2D eigenvalue weighted by atomic mass is 16.6. The number of anilines is 1. The number of carboxylic acid groups (broad SMARTS) is 1. The Labute approximate surface area is 180 Å². The van der Waals surface area contributed by atoms with E-state index in [1.54, 1.807) is 27.7 Å². The van der Waals surface area contributed by atoms with Crippen molar-refractivity contribution in [2.45, 2.75) is 59.0 Å². The number of nitrogens with zero attached hydrogens (tertiary/aromatic N) is 2. The van der Waals surface area contributed by atoms with Crippen molar-refractivity contribution in [3.63, 3.8) is 0 Å². The number of hydrogen-bond acceptors (Lipinski definition) is 7. The Morgan fingerprint density at radius 1 is 1.23 bits per heavy atom. The summed E-state index contributed by atoms with van der Waals surface area (Å²) < 4.78 is 10.7. The molecule has 1 aliphatic rings. The number of fused-ring (bicyclic) bond motifs is 1. The summed E-state index contributed by atoms with van der Waals surface area (Å²) in [5.41, 5.74) is -3.71. The van der Waals surface area contributed by atoms with Gasteiger partial charge in [0.1, 0.15) is 11.0 Å². The summed E-state index contributed by atoms with van der Waals surface area (Å²) >= 11 is 0. The van der Waals surface area contributed by atoms with E-state index >= 15 is 0 Å². The van der Waals surface area contributed by atoms with E-state index in [1.807, 2.05) is 0 Å². The molecule has 170 valence electrons. The zero-order valence-corrected chi connectivity index (χ0v) is 18.6. The molecule has 1 aromatic carbocycles. The summed E-state index contributed by atoms with van der Waals surface area (Å²) in [4.78, 5) is 50.0. The van der Waals surface area contributed by atoms with Crippen molar-refractivity contribution in [2.24, 2.45) is 5.41 Å². The third-order valence-electron chi connectivity index (χ3n) is 5.03. The summed E-state index contributed by atoms with van der Waals surface area (Å²) in [6, 6.07) is 3.79. The van der Waals surface area contributed by atoms with Crippen molar-refractivity contribution in [3.8, 4) is 0 Å². The Kier molecular flexibility index (Phi) is 6.35. The van der Waals surface area contributed by atoms with Crippen LogP contribution in [-0.4, -0.2) is 46.8 Å². The van der Waals surface area contributed by atoms with Crippen molar-refractivity contribution in [3.05, 3.63) is 33.9 Å². The fraction of sp³-hybridized carbons (Fsp3) is 0.571. The van der Waals surface area contributed by atoms with Crippen LogP contribution in [0.5, 0.6) is 0 Å². The van der Waals surface area contributed by atoms with Gasteiger partial charge in [0.25, 0.3) is 5.69 Å². The van der Waals surface area contributed by atoms with Crippen LogP contribution in [0.4, 0.5) is 16.2 Å². The number of aliphatic carboxylic acids is 1. The maximum absolute atomic E-state index is 13.2. The molecular formula is C21H28N2O8. The van der Waals surface area contributed by atoms with E-state index in [1.165, 1.54) is 36.9 Å². The van der Waals surface area contributed by atoms with Gasteiger partial charge in [-0.2, -0.15) is 0 Å². The van der Waals surface area contributed by atoms with Crippen LogP contribution in [0.25, 0.3) is 0 Å². The topological polar surface area (TPSA) is 136 Å². The van der Waals surface area contributed by atoms with Gasteiger partial charge in [-0.3, -0.25) is 24.6 Å². The zero-order chi connectivity index (χ0) is 23.8. The van der Waals surface area contributed by atoms with Crippen LogP contribution in [-0.2, 0) is 24.5 Å². The first-order chi connectivity index (χ1) is 14.1. The van der Waals surface area contributed by atoms with E-state index in [9.17, 15) is 29.6 Å². The molecule has 1 aliphatic heterocycles. The van der Waals surface area contributed by atoms with E-state index in [2.05, 4.69) is 0 Å². The van der Waals surface area contributed by atoms with Gasteiger partial charge in [0, 0.05) is 24.2 Å². The fourth-order valence-electron chi connectivity index (χ4n) is 3.67. The maximum Gasteiger partial charge on any atom is 0.414 e. The van der Waals surface area contributed by atoms with Gasteiger partial charge < -0.3 is 14.6 Å². The molecule has 1 heterocycles. The predicted molar refractivity (Wildman–Crippen MR) is 111 cm³/mol. The van der Waals surface area contributed by atoms with Crippen molar-refractivity contribution in [1.29, 1.82) is 0 Å². The third-order valence-corrected chi connectivity index (χ3v) is 5.03. The number of nitro groups is 1. The smallest absolute Gasteiger partial charge is 0.414 e. The number of ether oxygens (including phenoxy) is 2. The minimum Gasteiger partial charge on any atom is -0.481 e. The lowest BCUT2D eigenvalue weighted by Crippen LogP contribution is -2.48. The summed E-state index contributed by atoms with van der Waals surface area (Å²) in [6.45, 7) is 9.31. The van der Waals surface area contributed by atoms with Gasteiger partial charge in [-0.05, 0) is 54.0 Å². The maximum atomic E-state index is 13.2. The average molecular weight is 436 g/mol. The van der Waals surface area contributed by atoms with Gasteiger partial charge in [-0.25, -0.2) is 4.79 Å². The molecule has 10 heteroatoms. The lowest BCUT2D eigenvalue weighted by atomic mass is 9.69. The molecule has 0 radical (unpaired) electrons. The molecule has 0 bridgehead atoms. The molecule has 0 aromatic heterocycles. The number of amides is 1. The second kappa shape index (κ2) is 8.16. The monoisotopic (exact) mass is 436 g/mol. The molecule has 0 spiro atoms. The Balaban J connectivity index is 2.73. The quantitative estimate of drug-likeness (QED) is 0.405. The first-order valence-electron chi connectivity index (χ1n) is 9.85. The number of rotatable bonds is 6. The number of nitro benzene ring substituents is 1. The van der Waals surface area contributed by atoms with Gasteiger partial charge in [-0.15, -0.1) is 0 Å². The van der Waals surface area contributed by atoms with Gasteiger partial charge in [0.2, 0.25) is 0 Å². The normalized spacial score (nSPS) is 18.3. The number of benzene rings is 1. The van der Waals surface area contributed by atoms with Crippen LogP contribution in [0.3, 0.4) is 0 Å². The van der Waals surface area contributed by atoms with Crippen molar-refractivity contribution in [1.82, 2.24) is 0 Å². The van der Waals surface area contributed by atoms with Gasteiger partial charge in [-0.1, -0.05) is 0 Å². The van der Waals surface area contributed by atoms with Crippen molar-refractivity contribution >= 4 is 29.4 Å². The SMILES string of the molecule is CCOC(=O)C1(CC(C)(C)C(=O)O)CN(C(=O)OC(C)(C)C)c2ccc([N+](=O)[O-])cc21. The Bertz CT molecular complexity index is 918. The molecule has 1 N–H and O–H groups in total. The Morgan fingerprint density at radius 2 is 1.84 bits per heavy atom. The highest BCUT2D eigenvalue weighted by Gasteiger charge is 2.56. The summed E-state index contributed by atoms with van der Waals surface area (Å²) in [5.74, 6) is -1.91. The molecule has 1 amide bonds. The molecule has 1 unspecified atom stereocenters. The molecule has 31 heavy (non-hydrogen) atoms. The van der Waals surface area contributed by atoms with E-state index in [-0.39, 0.29) is 36.5 Å². The van der Waals surface area contributed by atoms with Gasteiger partial charge in [0.15, 0.2) is 0 Å². The summed E-state index contributed by atoms with van der Waals surface area (Å²) in [6.07, 6.45) is -0.983. The molecule has 0 aliphatic carbocycles. The molecule has 2 rings (SSSR count). The Morgan fingerprint density at radius 3 is 2.32 bits per heavy atom. The molecule has 1 aromatic rings. The number of hydrogen-bond donors (Lipinski definition) is 1. The minimum atomic E-state index is -1.61. The lowest BCUT2D eigenvalue weighted by Gasteiger charge is -2.34. The van der Waals surface area contributed by atoms with Crippen LogP contribution in [0, 0.1) is 15.5 Å². The molecule has 0 saturated heterocycles. The third kappa shape index (κ3) is 4.78. The van der Waals surface area contributed by atoms with E-state index in [4.69, 9.17) is 9.47 Å². The fourth-order valence-corrected chi connectivity index (χ4v) is 3.67. The molecule has 0 saturated carbocycles. The number of carbonyl (C=O) groups is 3. The van der Waals surface area contributed by atoms with Crippen LogP contribution in [0.2, 0.25) is 0 Å². The van der Waals surface area contributed by atoms with E-state index < -0.39 is 39.4 Å². The zero-order valence-electron chi connectivity index (χ0n) is 18.6. The van der Waals surface area contributed by atoms with Crippen molar-refractivity contribution < 1.29 is 33.9 Å². The lowest BCUT2D eigenvalue weighted by molar-refractivity contribution is -0.384. The number of carbonyl (C=O) groups excluding carboxylic acids is 2. The molecular weight excluding hydrogens is 408 g/mol. The van der Waals surface area contributed by atoms with Crippen LogP contribution < -0.4 is 4.90 Å². The number of non-ortho nitro benzene ring substituents is 1. The molecule has 0 fully saturated rings. The highest BCUT2D eigenvalue weighted by molar-refractivity contribution is 5.99. The molecule has 10 nitrogen and oxygen atoms in total. The average Bonchev–Trinajstić information content (AvgIpc) is 2.95. The van der Waals surface area contributed by atoms with Crippen LogP contribution in [0.1, 0.15) is 53.5 Å². The predicted octanol–water partition coefficient (Wildman–Crippen LogP) is 3.65. The first-order valence-corrected chi connectivity index (χ1v) is 9.85. The van der Waals surface area contributed by atoms with Gasteiger partial charge >= 0.3 is 18.0 Å². The first kappa shape index (κ1) is 24.1. The summed E-state index contributed by atoms with van der Waals surface area (Å²) in [7, 11) is 0. The summed E-state index contributed by atoms with van der Waals surface area (Å²) in [5, 5.41) is 21.1. The standard InChI is InChI=1S/C21H28N2O8/c1-7-30-17(26)21(11-20(5,6)16(24)25)12-22(18(27)31-19(2,3)4)15-9-8-13(23(28)29)10-14(15)21/h8-10H,7,11-12H2,1-6H3,(H,24,25). The second-order valence-corrected chi connectivity index (χ2v) is 9.19. The minimum absolute atomic E-state index is 0.0186. The Hall–Kier alpha value is -3.17. The van der Waals surface area contributed by atoms with E-state index in [0.29, 0.717) is 0 Å². The van der Waals surface area contributed by atoms with Crippen LogP contribution >= 0.6 is 0 Å². The largest absolute Gasteiger partial charge is 0.481 e. The second-order valence-electron chi connectivity index (χ2n) is 9.19. The van der Waals surface area contributed by atoms with E-state index in [0.717, 1.165) is 0 Å². The van der Waals surface area contributed by atoms with Gasteiger partial charge in [0.05, 0.1) is 22.6 Å². The van der Waals surface area contributed by atoms with Crippen LogP contribution in [0.15, 0.2) is 18.2 Å². The number of esters is 1. The van der Waals surface area contributed by atoms with Crippen molar-refractivity contribution in [2.75, 3.05) is 18.1 Å². The highest BCUT2D eigenvalue weighted by Crippen LogP contribution is 2.49.